The van der Waals surface area contributed by atoms with Gasteiger partial charge in [-0.3, -0.25) is 9.59 Å². The molecule has 0 N–H and O–H groups in total. The van der Waals surface area contributed by atoms with Gasteiger partial charge >= 0.3 is 5.97 Å². The number of hydrogen-bond acceptors (Lipinski definition) is 6. The quantitative estimate of drug-likeness (QED) is 0.303. The van der Waals surface area contributed by atoms with Crippen LogP contribution in [-0.4, -0.2) is 30.0 Å². The molecule has 0 amide bonds. The molecular weight excluding hydrogens is 418 g/mol. The van der Waals surface area contributed by atoms with Crippen molar-refractivity contribution in [2.75, 3.05) is 6.61 Å². The molecule has 6 nitrogen and oxygen atoms in total. The normalized spacial score (nSPS) is 11.5. The molecule has 0 aliphatic rings. The molecule has 3 rings (SSSR count). The van der Waals surface area contributed by atoms with E-state index in [1.54, 1.807) is 24.3 Å². The standard InChI is InChI=1S/C27H29NO5/c1-18(33-21(4)30)14-15-31-27-13-12-26(20(3)28-27)25-7-5-6-23(19(25)2)17-32-24-10-8-22(16-29)9-11-24/h5-13,16,18H,14-15,17H2,1-4H3/t18-/m0/s1. The summed E-state index contributed by atoms with van der Waals surface area (Å²) in [4.78, 5) is 26.4. The zero-order valence-electron chi connectivity index (χ0n) is 19.5. The van der Waals surface area contributed by atoms with Crippen LogP contribution in [0.5, 0.6) is 11.6 Å². The summed E-state index contributed by atoms with van der Waals surface area (Å²) in [6.45, 7) is 8.11. The van der Waals surface area contributed by atoms with Crippen LogP contribution < -0.4 is 9.47 Å². The van der Waals surface area contributed by atoms with E-state index in [0.717, 1.165) is 34.2 Å². The lowest BCUT2D eigenvalue weighted by molar-refractivity contribution is -0.145. The molecule has 0 radical (unpaired) electrons. The number of carbonyl (C=O) groups is 2. The second-order valence-corrected chi connectivity index (χ2v) is 7.90. The zero-order valence-corrected chi connectivity index (χ0v) is 19.5. The molecule has 0 saturated carbocycles. The van der Waals surface area contributed by atoms with Crippen LogP contribution in [0.25, 0.3) is 11.1 Å². The van der Waals surface area contributed by atoms with Gasteiger partial charge < -0.3 is 14.2 Å². The Kier molecular flexibility index (Phi) is 8.19. The number of nitrogens with zero attached hydrogens (tertiary/aromatic N) is 1. The van der Waals surface area contributed by atoms with E-state index in [-0.39, 0.29) is 12.1 Å². The average Bonchev–Trinajstić information content (AvgIpc) is 2.79. The molecule has 1 aromatic heterocycles. The number of ether oxygens (including phenoxy) is 3. The van der Waals surface area contributed by atoms with Gasteiger partial charge in [0.2, 0.25) is 5.88 Å². The Labute approximate surface area is 194 Å². The summed E-state index contributed by atoms with van der Waals surface area (Å²) < 4.78 is 16.8. The first-order chi connectivity index (χ1) is 15.9. The van der Waals surface area contributed by atoms with E-state index in [9.17, 15) is 9.59 Å². The minimum Gasteiger partial charge on any atom is -0.489 e. The van der Waals surface area contributed by atoms with Crippen LogP contribution in [0.2, 0.25) is 0 Å². The van der Waals surface area contributed by atoms with Crippen molar-refractivity contribution in [2.45, 2.75) is 46.8 Å². The van der Waals surface area contributed by atoms with Crippen LogP contribution in [0.1, 0.15) is 47.4 Å². The summed E-state index contributed by atoms with van der Waals surface area (Å²) >= 11 is 0. The highest BCUT2D eigenvalue weighted by atomic mass is 16.5. The summed E-state index contributed by atoms with van der Waals surface area (Å²) in [5.41, 5.74) is 5.81. The number of benzene rings is 2. The first-order valence-electron chi connectivity index (χ1n) is 10.9. The molecule has 0 unspecified atom stereocenters. The van der Waals surface area contributed by atoms with Gasteiger partial charge in [0.25, 0.3) is 0 Å². The molecule has 0 aliphatic carbocycles. The predicted octanol–water partition coefficient (Wildman–Crippen LogP) is 5.48. The van der Waals surface area contributed by atoms with Crippen LogP contribution in [0, 0.1) is 13.8 Å². The van der Waals surface area contributed by atoms with Gasteiger partial charge in [-0.25, -0.2) is 4.98 Å². The van der Waals surface area contributed by atoms with E-state index in [0.29, 0.717) is 36.8 Å². The fraction of sp³-hybridized carbons (Fsp3) is 0.296. The lowest BCUT2D eigenvalue weighted by atomic mass is 9.96. The van der Waals surface area contributed by atoms with Gasteiger partial charge in [-0.2, -0.15) is 0 Å². The van der Waals surface area contributed by atoms with Gasteiger partial charge in [0.1, 0.15) is 24.7 Å². The molecular formula is C27H29NO5. The maximum Gasteiger partial charge on any atom is 0.302 e. The van der Waals surface area contributed by atoms with E-state index < -0.39 is 0 Å². The van der Waals surface area contributed by atoms with Crippen LogP contribution in [-0.2, 0) is 16.1 Å². The molecule has 6 heteroatoms. The number of hydrogen-bond donors (Lipinski definition) is 0. The van der Waals surface area contributed by atoms with Crippen molar-refractivity contribution < 1.29 is 23.8 Å². The molecule has 33 heavy (non-hydrogen) atoms. The van der Waals surface area contributed by atoms with E-state index in [2.05, 4.69) is 18.0 Å². The van der Waals surface area contributed by atoms with E-state index in [1.807, 2.05) is 38.1 Å². The lowest BCUT2D eigenvalue weighted by Gasteiger charge is -2.15. The smallest absolute Gasteiger partial charge is 0.302 e. The van der Waals surface area contributed by atoms with E-state index in [4.69, 9.17) is 14.2 Å². The molecule has 172 valence electrons. The third-order valence-corrected chi connectivity index (χ3v) is 5.35. The Morgan fingerprint density at radius 2 is 1.76 bits per heavy atom. The van der Waals surface area contributed by atoms with Crippen molar-refractivity contribution in [3.63, 3.8) is 0 Å². The molecule has 0 fully saturated rings. The minimum absolute atomic E-state index is 0.196. The summed E-state index contributed by atoms with van der Waals surface area (Å²) in [6.07, 6.45) is 1.22. The van der Waals surface area contributed by atoms with Crippen LogP contribution >= 0.6 is 0 Å². The number of aldehydes is 1. The van der Waals surface area contributed by atoms with Crippen LogP contribution in [0.3, 0.4) is 0 Å². The molecule has 1 atom stereocenters. The van der Waals surface area contributed by atoms with Crippen molar-refractivity contribution in [3.8, 4) is 22.8 Å². The van der Waals surface area contributed by atoms with E-state index in [1.165, 1.54) is 6.92 Å². The van der Waals surface area contributed by atoms with Gasteiger partial charge in [-0.05, 0) is 67.8 Å². The Morgan fingerprint density at radius 3 is 2.42 bits per heavy atom. The monoisotopic (exact) mass is 447 g/mol. The van der Waals surface area contributed by atoms with Gasteiger partial charge in [0, 0.05) is 36.2 Å². The molecule has 0 aliphatic heterocycles. The number of pyridine rings is 1. The Morgan fingerprint density at radius 1 is 1.00 bits per heavy atom. The Hall–Kier alpha value is -3.67. The number of aromatic nitrogens is 1. The largest absolute Gasteiger partial charge is 0.489 e. The average molecular weight is 448 g/mol. The summed E-state index contributed by atoms with van der Waals surface area (Å²) in [6, 6.07) is 17.1. The van der Waals surface area contributed by atoms with Gasteiger partial charge in [-0.1, -0.05) is 18.2 Å². The highest BCUT2D eigenvalue weighted by molar-refractivity contribution is 5.74. The summed E-state index contributed by atoms with van der Waals surface area (Å²) in [7, 11) is 0. The maximum atomic E-state index is 11.0. The molecule has 3 aromatic rings. The molecule has 0 saturated heterocycles. The van der Waals surface area contributed by atoms with Crippen molar-refractivity contribution in [1.82, 2.24) is 4.98 Å². The number of esters is 1. The fourth-order valence-electron chi connectivity index (χ4n) is 3.51. The summed E-state index contributed by atoms with van der Waals surface area (Å²) in [5, 5.41) is 0. The SMILES string of the molecule is CC(=O)O[C@@H](C)CCOc1ccc(-c2cccc(COc3ccc(C=O)cc3)c2C)c(C)n1. The van der Waals surface area contributed by atoms with Crippen molar-refractivity contribution >= 4 is 12.3 Å². The third kappa shape index (κ3) is 6.65. The lowest BCUT2D eigenvalue weighted by Crippen LogP contribution is -2.15. The van der Waals surface area contributed by atoms with Gasteiger partial charge in [-0.15, -0.1) is 0 Å². The van der Waals surface area contributed by atoms with Gasteiger partial charge in [0.15, 0.2) is 0 Å². The van der Waals surface area contributed by atoms with Crippen LogP contribution in [0.4, 0.5) is 0 Å². The predicted molar refractivity (Wildman–Crippen MR) is 127 cm³/mol. The molecule has 0 spiro atoms. The molecule has 2 aromatic carbocycles. The van der Waals surface area contributed by atoms with Crippen molar-refractivity contribution in [1.29, 1.82) is 0 Å². The maximum absolute atomic E-state index is 11.0. The van der Waals surface area contributed by atoms with Crippen molar-refractivity contribution in [2.24, 2.45) is 0 Å². The molecule has 0 bridgehead atoms. The van der Waals surface area contributed by atoms with Crippen molar-refractivity contribution in [3.05, 3.63) is 77.0 Å². The number of carbonyl (C=O) groups excluding carboxylic acids is 2. The first kappa shape index (κ1) is 24.0. The van der Waals surface area contributed by atoms with E-state index >= 15 is 0 Å². The number of aryl methyl sites for hydroxylation is 1. The Balaban J connectivity index is 1.67. The second-order valence-electron chi connectivity index (χ2n) is 7.90. The fourth-order valence-corrected chi connectivity index (χ4v) is 3.51. The highest BCUT2D eigenvalue weighted by Gasteiger charge is 2.12. The van der Waals surface area contributed by atoms with Gasteiger partial charge in [0.05, 0.1) is 6.61 Å². The third-order valence-electron chi connectivity index (χ3n) is 5.35. The Bertz CT molecular complexity index is 1110. The molecule has 1 heterocycles. The highest BCUT2D eigenvalue weighted by Crippen LogP contribution is 2.30. The van der Waals surface area contributed by atoms with Crippen LogP contribution in [0.15, 0.2) is 54.6 Å². The summed E-state index contributed by atoms with van der Waals surface area (Å²) in [5.74, 6) is 0.967. The topological polar surface area (TPSA) is 74.7 Å². The zero-order chi connectivity index (χ0) is 23.8. The second kappa shape index (κ2) is 11.3. The minimum atomic E-state index is -0.292. The first-order valence-corrected chi connectivity index (χ1v) is 10.9. The number of rotatable bonds is 10.